The molecule has 0 heterocycles. The van der Waals surface area contributed by atoms with Gasteiger partial charge in [0.05, 0.1) is 27.7 Å². The van der Waals surface area contributed by atoms with Crippen molar-refractivity contribution in [3.8, 4) is 0 Å². The molecule has 524 valence electrons. The number of carbonyl (C=O) groups excluding carboxylic acids is 2. The number of esters is 2. The summed E-state index contributed by atoms with van der Waals surface area (Å²) in [4.78, 5) is 38.1. The van der Waals surface area contributed by atoms with Crippen LogP contribution in [0.25, 0.3) is 0 Å². The molecule has 0 saturated heterocycles. The fourth-order valence-corrected chi connectivity index (χ4v) is 10.7. The molecular formula is C82H138NO8P. The predicted octanol–water partition coefficient (Wildman–Crippen LogP) is 24.1. The van der Waals surface area contributed by atoms with E-state index in [4.69, 9.17) is 18.5 Å². The highest BCUT2D eigenvalue weighted by atomic mass is 31.2. The smallest absolute Gasteiger partial charge is 0.306 e. The van der Waals surface area contributed by atoms with Crippen LogP contribution in [0.1, 0.15) is 296 Å². The second-order valence-corrected chi connectivity index (χ2v) is 27.0. The van der Waals surface area contributed by atoms with Crippen LogP contribution >= 0.6 is 7.82 Å². The molecule has 0 fully saturated rings. The second kappa shape index (κ2) is 70.9. The molecule has 0 spiro atoms. The number of unbranched alkanes of at least 4 members (excludes halogenated alkanes) is 27. The van der Waals surface area contributed by atoms with E-state index >= 15 is 0 Å². The van der Waals surface area contributed by atoms with E-state index in [9.17, 15) is 19.0 Å². The zero-order chi connectivity index (χ0) is 66.9. The molecule has 10 heteroatoms. The molecule has 2 unspecified atom stereocenters. The first-order valence-electron chi connectivity index (χ1n) is 37.2. The maximum Gasteiger partial charge on any atom is 0.306 e. The number of hydrogen-bond acceptors (Lipinski definition) is 8. The summed E-state index contributed by atoms with van der Waals surface area (Å²) in [6.45, 7) is 4.01. The van der Waals surface area contributed by atoms with E-state index in [0.717, 1.165) is 135 Å². The number of nitrogens with zero attached hydrogens (tertiary/aromatic N) is 1. The molecule has 0 aromatic carbocycles. The maximum atomic E-state index is 12.9. The molecule has 9 nitrogen and oxygen atoms in total. The van der Waals surface area contributed by atoms with Crippen molar-refractivity contribution < 1.29 is 42.1 Å². The van der Waals surface area contributed by atoms with Crippen LogP contribution in [0.4, 0.5) is 0 Å². The average Bonchev–Trinajstić information content (AvgIpc) is 2.14. The maximum absolute atomic E-state index is 12.9. The molecule has 92 heavy (non-hydrogen) atoms. The second-order valence-electron chi connectivity index (χ2n) is 25.5. The van der Waals surface area contributed by atoms with Gasteiger partial charge >= 0.3 is 11.9 Å². The molecule has 0 aromatic rings. The van der Waals surface area contributed by atoms with E-state index in [2.05, 4.69) is 172 Å². The summed E-state index contributed by atoms with van der Waals surface area (Å²) in [6.07, 6.45) is 106. The van der Waals surface area contributed by atoms with Crippen LogP contribution in [0, 0.1) is 0 Å². The van der Waals surface area contributed by atoms with Crippen LogP contribution in [0.15, 0.2) is 158 Å². The lowest BCUT2D eigenvalue weighted by molar-refractivity contribution is -0.870. The van der Waals surface area contributed by atoms with E-state index in [-0.39, 0.29) is 32.0 Å². The predicted molar refractivity (Wildman–Crippen MR) is 397 cm³/mol. The third-order valence-corrected chi connectivity index (χ3v) is 16.5. The lowest BCUT2D eigenvalue weighted by atomic mass is 10.0. The normalized spacial score (nSPS) is 14.0. The molecule has 0 radical (unpaired) electrons. The number of quaternary nitrogens is 1. The number of likely N-dealkylation sites (N-methyl/N-ethyl adjacent to an activating group) is 1. The minimum absolute atomic E-state index is 0.0396. The van der Waals surface area contributed by atoms with Crippen LogP contribution in [0.2, 0.25) is 0 Å². The van der Waals surface area contributed by atoms with E-state index in [1.165, 1.54) is 128 Å². The first kappa shape index (κ1) is 87.6. The molecule has 0 aliphatic rings. The summed E-state index contributed by atoms with van der Waals surface area (Å²) in [5.74, 6) is -0.846. The molecule has 0 bridgehead atoms. The Bertz CT molecular complexity index is 2110. The van der Waals surface area contributed by atoms with Crippen molar-refractivity contribution in [1.82, 2.24) is 0 Å². The monoisotopic (exact) mass is 1300 g/mol. The SMILES string of the molecule is CC/C=C\C/C=C\C/C=C\C/C=C\C/C=C\C/C=C\C/C=C\C/C=C\C/C=C\CCCCCCCCCC(=O)OC(COC(=O)CCCCCCCCCCCCCCCCCCCCCC/C=C\C/C=C\C/C=C\C/C=C\CC)COP(=O)([O-])OCC[N+](C)(C)C. The molecule has 0 amide bonds. The van der Waals surface area contributed by atoms with Gasteiger partial charge in [0.15, 0.2) is 6.10 Å². The lowest BCUT2D eigenvalue weighted by Gasteiger charge is -2.28. The molecule has 0 aliphatic heterocycles. The molecule has 0 N–H and O–H groups in total. The highest BCUT2D eigenvalue weighted by molar-refractivity contribution is 7.45. The Morgan fingerprint density at radius 1 is 0.337 bits per heavy atom. The number of ether oxygens (including phenoxy) is 2. The van der Waals surface area contributed by atoms with Crippen molar-refractivity contribution in [2.75, 3.05) is 47.5 Å². The fourth-order valence-electron chi connectivity index (χ4n) is 9.94. The molecule has 0 aliphatic carbocycles. The van der Waals surface area contributed by atoms with Gasteiger partial charge in [-0.05, 0) is 122 Å². The lowest BCUT2D eigenvalue weighted by Crippen LogP contribution is -2.37. The van der Waals surface area contributed by atoms with Crippen LogP contribution in [0.3, 0.4) is 0 Å². The van der Waals surface area contributed by atoms with Crippen LogP contribution in [-0.2, 0) is 32.7 Å². The average molecular weight is 1300 g/mol. The standard InChI is InChI=1S/C82H138NO8P/c1-6-8-10-12-14-16-18-20-22-24-26-28-30-32-34-36-38-40-41-43-45-47-49-51-53-55-57-59-61-63-65-67-69-71-73-75-82(85)91-80(79-90-92(86,87)89-77-76-83(3,4)5)78-88-81(84)74-72-70-68-66-64-62-60-58-56-54-52-50-48-46-44-42-39-37-35-33-31-29-27-25-23-21-19-17-15-13-11-9-7-2/h8-11,14-17,20-23,26-29,32,34,38,40,43,45,49,51,55,57,80H,6-7,12-13,18-19,24-25,30-31,33,35-37,39,41-42,44,46-48,50,52-54,56,58-79H2,1-5H3/b10-8-,11-9-,16-14-,17-15-,22-20-,23-21-,28-26-,29-27-,34-32-,40-38-,45-43-,51-49-,57-55-. The van der Waals surface area contributed by atoms with E-state index in [1.54, 1.807) is 0 Å². The van der Waals surface area contributed by atoms with E-state index < -0.39 is 26.5 Å². The largest absolute Gasteiger partial charge is 0.756 e. The topological polar surface area (TPSA) is 111 Å². The van der Waals surface area contributed by atoms with Gasteiger partial charge in [0.2, 0.25) is 0 Å². The zero-order valence-electron chi connectivity index (χ0n) is 59.7. The summed E-state index contributed by atoms with van der Waals surface area (Å²) in [5.41, 5.74) is 0. The number of phosphoric acid groups is 1. The van der Waals surface area contributed by atoms with Gasteiger partial charge in [-0.15, -0.1) is 0 Å². The van der Waals surface area contributed by atoms with Gasteiger partial charge in [-0.25, -0.2) is 0 Å². The molecule has 0 saturated carbocycles. The number of allylic oxidation sites excluding steroid dienone is 26. The van der Waals surface area contributed by atoms with Gasteiger partial charge in [0, 0.05) is 12.8 Å². The van der Waals surface area contributed by atoms with Crippen LogP contribution in [-0.4, -0.2) is 70.0 Å². The Balaban J connectivity index is 4.08. The minimum Gasteiger partial charge on any atom is -0.756 e. The van der Waals surface area contributed by atoms with Crippen molar-refractivity contribution in [3.63, 3.8) is 0 Å². The van der Waals surface area contributed by atoms with Crippen molar-refractivity contribution >= 4 is 19.8 Å². The van der Waals surface area contributed by atoms with Gasteiger partial charge in [-0.1, -0.05) is 320 Å². The first-order valence-corrected chi connectivity index (χ1v) is 38.7. The summed E-state index contributed by atoms with van der Waals surface area (Å²) >= 11 is 0. The van der Waals surface area contributed by atoms with Crippen LogP contribution < -0.4 is 4.89 Å². The molecular weight excluding hydrogens is 1160 g/mol. The Morgan fingerprint density at radius 3 is 0.870 bits per heavy atom. The van der Waals surface area contributed by atoms with Crippen molar-refractivity contribution in [2.24, 2.45) is 0 Å². The number of rotatable bonds is 67. The Labute approximate surface area is 566 Å². The zero-order valence-corrected chi connectivity index (χ0v) is 60.6. The van der Waals surface area contributed by atoms with Gasteiger partial charge in [-0.3, -0.25) is 14.2 Å². The number of phosphoric ester groups is 1. The minimum atomic E-state index is -4.66. The third kappa shape index (κ3) is 74.7. The number of hydrogen-bond donors (Lipinski definition) is 0. The fraction of sp³-hybridized carbons (Fsp3) is 0.659. The van der Waals surface area contributed by atoms with Crippen molar-refractivity contribution in [1.29, 1.82) is 0 Å². The van der Waals surface area contributed by atoms with Gasteiger partial charge in [0.1, 0.15) is 19.8 Å². The van der Waals surface area contributed by atoms with E-state index in [1.807, 2.05) is 21.1 Å². The Morgan fingerprint density at radius 2 is 0.587 bits per heavy atom. The summed E-state index contributed by atoms with van der Waals surface area (Å²) in [6, 6.07) is 0. The van der Waals surface area contributed by atoms with E-state index in [0.29, 0.717) is 17.4 Å². The van der Waals surface area contributed by atoms with Crippen molar-refractivity contribution in [3.05, 3.63) is 158 Å². The summed E-state index contributed by atoms with van der Waals surface area (Å²) in [7, 11) is 1.15. The number of carbonyl (C=O) groups is 2. The highest BCUT2D eigenvalue weighted by Crippen LogP contribution is 2.38. The van der Waals surface area contributed by atoms with Gasteiger partial charge in [-0.2, -0.15) is 0 Å². The van der Waals surface area contributed by atoms with Gasteiger partial charge in [0.25, 0.3) is 7.82 Å². The summed E-state index contributed by atoms with van der Waals surface area (Å²) in [5, 5.41) is 0. The first-order chi connectivity index (χ1) is 45.0. The molecule has 0 aromatic heterocycles. The Hall–Kier alpha value is -4.37. The van der Waals surface area contributed by atoms with Gasteiger partial charge < -0.3 is 27.9 Å². The van der Waals surface area contributed by atoms with Crippen molar-refractivity contribution in [2.45, 2.75) is 302 Å². The quantitative estimate of drug-likeness (QED) is 0.0195. The molecule has 0 rings (SSSR count). The highest BCUT2D eigenvalue weighted by Gasteiger charge is 2.22. The molecule has 2 atom stereocenters. The van der Waals surface area contributed by atoms with Crippen LogP contribution in [0.5, 0.6) is 0 Å². The summed E-state index contributed by atoms with van der Waals surface area (Å²) < 4.78 is 34.3. The third-order valence-electron chi connectivity index (χ3n) is 15.5. The Kier molecular flexibility index (Phi) is 67.6.